The van der Waals surface area contributed by atoms with Crippen molar-refractivity contribution >= 4 is 36.6 Å². The molecule has 1 atom stereocenters. The molecule has 5 rings (SSSR count). The first kappa shape index (κ1) is 22.4. The summed E-state index contributed by atoms with van der Waals surface area (Å²) in [7, 11) is 1.92. The van der Waals surface area contributed by atoms with E-state index in [2.05, 4.69) is 62.4 Å². The van der Waals surface area contributed by atoms with Gasteiger partial charge in [0.05, 0.1) is 11.2 Å². The average molecular weight is 461 g/mol. The summed E-state index contributed by atoms with van der Waals surface area (Å²) in [5.41, 5.74) is 4.09. The minimum Gasteiger partial charge on any atom is -0.432 e. The zero-order valence-corrected chi connectivity index (χ0v) is 21.3. The van der Waals surface area contributed by atoms with Gasteiger partial charge in [0.15, 0.2) is 0 Å². The zero-order valence-electron chi connectivity index (χ0n) is 19.7. The number of benzene rings is 2. The van der Waals surface area contributed by atoms with E-state index in [-0.39, 0.29) is 11.2 Å². The Morgan fingerprint density at radius 2 is 1.62 bits per heavy atom. The third-order valence-corrected chi connectivity index (χ3v) is 9.90. The van der Waals surface area contributed by atoms with Gasteiger partial charge >= 0.3 is 7.48 Å². The van der Waals surface area contributed by atoms with E-state index in [9.17, 15) is 5.11 Å². The maximum atomic E-state index is 10.4. The minimum absolute atomic E-state index is 0.00942. The Bertz CT molecular complexity index is 1150. The predicted octanol–water partition coefficient (Wildman–Crippen LogP) is 7.28. The predicted molar refractivity (Wildman–Crippen MR) is 136 cm³/mol. The summed E-state index contributed by atoms with van der Waals surface area (Å²) in [6.45, 7) is 12.2. The van der Waals surface area contributed by atoms with E-state index >= 15 is 0 Å². The molecule has 165 valence electrons. The molecule has 0 fully saturated rings. The summed E-state index contributed by atoms with van der Waals surface area (Å²) < 4.78 is 6.09. The molecular formula is C27H30BO2S2. The Balaban J connectivity index is 1.42. The molecule has 32 heavy (non-hydrogen) atoms. The summed E-state index contributed by atoms with van der Waals surface area (Å²) in [6.07, 6.45) is 5.48. The van der Waals surface area contributed by atoms with Gasteiger partial charge in [-0.3, -0.25) is 0 Å². The number of aliphatic hydroxyl groups is 1. The highest BCUT2D eigenvalue weighted by atomic mass is 32.2. The molecule has 1 N–H and O–H groups in total. The van der Waals surface area contributed by atoms with Gasteiger partial charge in [-0.05, 0) is 80.9 Å². The molecule has 2 aromatic carbocycles. The van der Waals surface area contributed by atoms with Crippen LogP contribution in [0.5, 0.6) is 0 Å². The summed E-state index contributed by atoms with van der Waals surface area (Å²) in [6, 6.07) is 13.5. The van der Waals surface area contributed by atoms with Crippen LogP contribution in [0.25, 0.3) is 5.57 Å². The van der Waals surface area contributed by atoms with Crippen LogP contribution in [0.4, 0.5) is 0 Å². The Labute approximate surface area is 201 Å². The van der Waals surface area contributed by atoms with Crippen molar-refractivity contribution < 1.29 is 9.76 Å². The highest BCUT2D eigenvalue weighted by Crippen LogP contribution is 2.56. The zero-order chi connectivity index (χ0) is 22.9. The molecular weight excluding hydrogens is 431 g/mol. The number of fused-ring (bicyclic) bond motifs is 4. The first-order valence-corrected chi connectivity index (χ1v) is 12.9. The third-order valence-electron chi connectivity index (χ3n) is 7.38. The molecule has 2 nitrogen and oxygen atoms in total. The van der Waals surface area contributed by atoms with Gasteiger partial charge in [-0.25, -0.2) is 0 Å². The maximum absolute atomic E-state index is 10.4. The lowest BCUT2D eigenvalue weighted by molar-refractivity contribution is -0.0907. The molecule has 0 amide bonds. The topological polar surface area (TPSA) is 29.5 Å². The molecule has 1 heterocycles. The quantitative estimate of drug-likeness (QED) is 0.414. The molecule has 0 spiro atoms. The van der Waals surface area contributed by atoms with Gasteiger partial charge < -0.3 is 9.76 Å². The van der Waals surface area contributed by atoms with Crippen LogP contribution in [0.3, 0.4) is 0 Å². The lowest BCUT2D eigenvalue weighted by Gasteiger charge is -2.38. The van der Waals surface area contributed by atoms with Gasteiger partial charge in [-0.15, -0.1) is 0 Å². The lowest BCUT2D eigenvalue weighted by Crippen LogP contribution is -2.48. The molecule has 2 aliphatic carbocycles. The lowest BCUT2D eigenvalue weighted by atomic mass is 9.67. The van der Waals surface area contributed by atoms with Gasteiger partial charge in [0.2, 0.25) is 0 Å². The normalized spacial score (nSPS) is 21.0. The molecule has 1 aliphatic heterocycles. The van der Waals surface area contributed by atoms with Gasteiger partial charge in [0.25, 0.3) is 0 Å². The van der Waals surface area contributed by atoms with Gasteiger partial charge in [0, 0.05) is 25.0 Å². The Morgan fingerprint density at radius 3 is 2.25 bits per heavy atom. The smallest absolute Gasteiger partial charge is 0.301 e. The van der Waals surface area contributed by atoms with Crippen molar-refractivity contribution in [2.45, 2.75) is 90.0 Å². The number of hydrogen-bond donors (Lipinski definition) is 1. The van der Waals surface area contributed by atoms with Crippen LogP contribution in [0, 0.1) is 0 Å². The fourth-order valence-electron chi connectivity index (χ4n) is 4.55. The second kappa shape index (κ2) is 7.56. The Morgan fingerprint density at radius 1 is 1.00 bits per heavy atom. The minimum atomic E-state index is -0.916. The molecule has 0 saturated carbocycles. The summed E-state index contributed by atoms with van der Waals surface area (Å²) in [5.74, 6) is 0.201. The largest absolute Gasteiger partial charge is 0.432 e. The van der Waals surface area contributed by atoms with Crippen LogP contribution in [0.15, 0.2) is 73.7 Å². The van der Waals surface area contributed by atoms with Crippen molar-refractivity contribution in [1.82, 2.24) is 0 Å². The van der Waals surface area contributed by atoms with Crippen molar-refractivity contribution in [3.05, 3.63) is 65.3 Å². The summed E-state index contributed by atoms with van der Waals surface area (Å²) in [4.78, 5) is 5.41. The Hall–Kier alpha value is -1.40. The first-order valence-electron chi connectivity index (χ1n) is 11.3. The number of allylic oxidation sites excluding steroid dienone is 4. The third kappa shape index (κ3) is 3.62. The average Bonchev–Trinajstić information content (AvgIpc) is 2.95. The van der Waals surface area contributed by atoms with Crippen LogP contribution in [-0.2, 0) is 10.1 Å². The molecule has 1 unspecified atom stereocenters. The maximum Gasteiger partial charge on any atom is 0.301 e. The number of hydrogen-bond acceptors (Lipinski definition) is 4. The van der Waals surface area contributed by atoms with Crippen LogP contribution in [0.1, 0.15) is 59.1 Å². The SMILES string of the molecule is CC1(C)C2=C(C=CC([B]OC(C)(C)C(C)(C)O)C2)c2cc3c(cc21)Sc1ccccc1S3. The second-order valence-electron chi connectivity index (χ2n) is 10.6. The van der Waals surface area contributed by atoms with Gasteiger partial charge in [-0.1, -0.05) is 67.2 Å². The van der Waals surface area contributed by atoms with E-state index < -0.39 is 11.2 Å². The molecule has 0 aromatic heterocycles. The van der Waals surface area contributed by atoms with Crippen molar-refractivity contribution in [3.8, 4) is 0 Å². The van der Waals surface area contributed by atoms with Crippen molar-refractivity contribution in [2.75, 3.05) is 0 Å². The fourth-order valence-corrected chi connectivity index (χ4v) is 6.83. The molecule has 1 radical (unpaired) electrons. The van der Waals surface area contributed by atoms with E-state index in [0.29, 0.717) is 0 Å². The van der Waals surface area contributed by atoms with E-state index in [4.69, 9.17) is 4.65 Å². The van der Waals surface area contributed by atoms with Crippen LogP contribution in [0.2, 0.25) is 5.82 Å². The molecule has 0 saturated heterocycles. The Kier molecular flexibility index (Phi) is 5.29. The van der Waals surface area contributed by atoms with E-state index in [0.717, 1.165) is 6.42 Å². The summed E-state index contributed by atoms with van der Waals surface area (Å²) in [5, 5.41) is 10.4. The van der Waals surface area contributed by atoms with E-state index in [1.807, 2.05) is 44.9 Å². The monoisotopic (exact) mass is 461 g/mol. The van der Waals surface area contributed by atoms with E-state index in [1.54, 1.807) is 13.8 Å². The van der Waals surface area contributed by atoms with E-state index in [1.165, 1.54) is 41.9 Å². The van der Waals surface area contributed by atoms with Crippen molar-refractivity contribution in [1.29, 1.82) is 0 Å². The molecule has 2 aromatic rings. The number of rotatable bonds is 4. The second-order valence-corrected chi connectivity index (χ2v) is 12.7. The standard InChI is InChI=1S/C27H30BO2S2/c1-25(2)19-13-16(28-30-27(5,6)26(3,4)29)11-12-17(19)18-14-23-24(15-20(18)25)32-22-10-8-7-9-21(22)31-23/h7-12,14-16,29H,13H2,1-6H3. The van der Waals surface area contributed by atoms with Crippen LogP contribution < -0.4 is 0 Å². The fraction of sp³-hybridized carbons (Fsp3) is 0.407. The van der Waals surface area contributed by atoms with Gasteiger partial charge in [0.1, 0.15) is 0 Å². The highest BCUT2D eigenvalue weighted by Gasteiger charge is 2.41. The van der Waals surface area contributed by atoms with Crippen molar-refractivity contribution in [3.63, 3.8) is 0 Å². The van der Waals surface area contributed by atoms with Crippen LogP contribution in [-0.4, -0.2) is 23.8 Å². The van der Waals surface area contributed by atoms with Crippen molar-refractivity contribution in [2.24, 2.45) is 0 Å². The summed E-state index contributed by atoms with van der Waals surface area (Å²) >= 11 is 3.77. The molecule has 3 aliphatic rings. The molecule has 0 bridgehead atoms. The molecule has 5 heteroatoms. The van der Waals surface area contributed by atoms with Crippen LogP contribution >= 0.6 is 23.5 Å². The first-order chi connectivity index (χ1) is 15.0. The highest BCUT2D eigenvalue weighted by molar-refractivity contribution is 8.05. The van der Waals surface area contributed by atoms with Gasteiger partial charge in [-0.2, -0.15) is 0 Å².